The molecule has 0 fully saturated rings. The maximum absolute atomic E-state index is 12.5. The van der Waals surface area contributed by atoms with Gasteiger partial charge >= 0.3 is 6.36 Å². The van der Waals surface area contributed by atoms with Crippen molar-refractivity contribution in [2.24, 2.45) is 5.84 Å². The number of hydrogen-bond acceptors (Lipinski definition) is 3. The Labute approximate surface area is 128 Å². The van der Waals surface area contributed by atoms with Crippen molar-refractivity contribution in [3.05, 3.63) is 64.1 Å². The van der Waals surface area contributed by atoms with Crippen molar-refractivity contribution in [1.29, 1.82) is 0 Å². The maximum atomic E-state index is 12.5. The van der Waals surface area contributed by atoms with Crippen LogP contribution in [0.4, 0.5) is 13.2 Å². The number of rotatable bonds is 4. The van der Waals surface area contributed by atoms with Crippen molar-refractivity contribution in [2.75, 3.05) is 0 Å². The second-order valence-corrected chi connectivity index (χ2v) is 5.16. The first-order chi connectivity index (χ1) is 9.90. The van der Waals surface area contributed by atoms with Crippen LogP contribution in [0.2, 0.25) is 0 Å². The molecular formula is C14H12BrF3N2O. The summed E-state index contributed by atoms with van der Waals surface area (Å²) in [5.41, 5.74) is 3.53. The first-order valence-electron chi connectivity index (χ1n) is 5.97. The SMILES string of the molecule is NNC(c1cccc(Br)c1)c1ccccc1OC(F)(F)F. The number of para-hydroxylation sites is 1. The fourth-order valence-corrected chi connectivity index (χ4v) is 2.41. The summed E-state index contributed by atoms with van der Waals surface area (Å²) < 4.78 is 42.3. The van der Waals surface area contributed by atoms with E-state index in [4.69, 9.17) is 5.84 Å². The molecule has 112 valence electrons. The summed E-state index contributed by atoms with van der Waals surface area (Å²) in [6.07, 6.45) is -4.76. The number of halogens is 4. The minimum atomic E-state index is -4.76. The van der Waals surface area contributed by atoms with Gasteiger partial charge in [0.2, 0.25) is 0 Å². The van der Waals surface area contributed by atoms with Gasteiger partial charge in [-0.25, -0.2) is 5.43 Å². The van der Waals surface area contributed by atoms with Crippen LogP contribution in [0.25, 0.3) is 0 Å². The van der Waals surface area contributed by atoms with E-state index < -0.39 is 12.4 Å². The van der Waals surface area contributed by atoms with Gasteiger partial charge in [0.1, 0.15) is 5.75 Å². The Hall–Kier alpha value is -1.57. The van der Waals surface area contributed by atoms with Gasteiger partial charge in [-0.1, -0.05) is 46.3 Å². The van der Waals surface area contributed by atoms with Gasteiger partial charge in [-0.15, -0.1) is 13.2 Å². The van der Waals surface area contributed by atoms with Crippen molar-refractivity contribution < 1.29 is 17.9 Å². The van der Waals surface area contributed by atoms with E-state index in [1.54, 1.807) is 24.3 Å². The maximum Gasteiger partial charge on any atom is 0.573 e. The quantitative estimate of drug-likeness (QED) is 0.642. The predicted octanol–water partition coefficient (Wildman–Crippen LogP) is 3.90. The van der Waals surface area contributed by atoms with E-state index in [1.807, 2.05) is 6.07 Å². The zero-order valence-electron chi connectivity index (χ0n) is 10.7. The molecule has 0 radical (unpaired) electrons. The Balaban J connectivity index is 2.43. The van der Waals surface area contributed by atoms with E-state index in [0.717, 1.165) is 4.47 Å². The average Bonchev–Trinajstić information content (AvgIpc) is 2.40. The van der Waals surface area contributed by atoms with E-state index in [2.05, 4.69) is 26.1 Å². The van der Waals surface area contributed by atoms with Crippen LogP contribution in [-0.2, 0) is 0 Å². The molecule has 2 rings (SSSR count). The van der Waals surface area contributed by atoms with E-state index in [1.165, 1.54) is 18.2 Å². The van der Waals surface area contributed by atoms with Crippen LogP contribution in [-0.4, -0.2) is 6.36 Å². The van der Waals surface area contributed by atoms with E-state index >= 15 is 0 Å². The van der Waals surface area contributed by atoms with E-state index in [-0.39, 0.29) is 5.75 Å². The smallest absolute Gasteiger partial charge is 0.405 e. The lowest BCUT2D eigenvalue weighted by atomic mass is 9.98. The molecule has 21 heavy (non-hydrogen) atoms. The van der Waals surface area contributed by atoms with Crippen LogP contribution in [0.3, 0.4) is 0 Å². The zero-order valence-corrected chi connectivity index (χ0v) is 12.3. The highest BCUT2D eigenvalue weighted by atomic mass is 79.9. The Kier molecular flexibility index (Phi) is 4.87. The number of alkyl halides is 3. The number of nitrogens with one attached hydrogen (secondary N) is 1. The molecule has 2 aromatic carbocycles. The van der Waals surface area contributed by atoms with Crippen LogP contribution >= 0.6 is 15.9 Å². The third-order valence-corrected chi connectivity index (χ3v) is 3.30. The van der Waals surface area contributed by atoms with Crippen LogP contribution in [0.15, 0.2) is 53.0 Å². The Morgan fingerprint density at radius 2 is 1.81 bits per heavy atom. The Bertz CT molecular complexity index is 619. The standard InChI is InChI=1S/C14H12BrF3N2O/c15-10-5-3-4-9(8-10)13(20-19)11-6-1-2-7-12(11)21-14(16,17)18/h1-8,13,20H,19H2. The van der Waals surface area contributed by atoms with Gasteiger partial charge in [0, 0.05) is 10.0 Å². The monoisotopic (exact) mass is 360 g/mol. The first kappa shape index (κ1) is 15.8. The van der Waals surface area contributed by atoms with E-state index in [0.29, 0.717) is 11.1 Å². The highest BCUT2D eigenvalue weighted by Crippen LogP contribution is 2.33. The molecule has 2 aromatic rings. The summed E-state index contributed by atoms with van der Waals surface area (Å²) >= 11 is 3.32. The summed E-state index contributed by atoms with van der Waals surface area (Å²) in [6, 6.07) is 12.4. The summed E-state index contributed by atoms with van der Waals surface area (Å²) in [5, 5.41) is 0. The van der Waals surface area contributed by atoms with Crippen molar-refractivity contribution >= 4 is 15.9 Å². The van der Waals surface area contributed by atoms with Gasteiger partial charge in [0.15, 0.2) is 0 Å². The van der Waals surface area contributed by atoms with E-state index in [9.17, 15) is 13.2 Å². The molecular weight excluding hydrogens is 349 g/mol. The van der Waals surface area contributed by atoms with Gasteiger partial charge < -0.3 is 4.74 Å². The topological polar surface area (TPSA) is 47.3 Å². The van der Waals surface area contributed by atoms with Crippen molar-refractivity contribution in [2.45, 2.75) is 12.4 Å². The molecule has 0 amide bonds. The third kappa shape index (κ3) is 4.20. The second-order valence-electron chi connectivity index (χ2n) is 4.24. The predicted molar refractivity (Wildman–Crippen MR) is 76.4 cm³/mol. The molecule has 0 aliphatic rings. The zero-order chi connectivity index (χ0) is 15.5. The summed E-state index contributed by atoms with van der Waals surface area (Å²) in [7, 11) is 0. The lowest BCUT2D eigenvalue weighted by Crippen LogP contribution is -2.30. The third-order valence-electron chi connectivity index (χ3n) is 2.80. The summed E-state index contributed by atoms with van der Waals surface area (Å²) in [6.45, 7) is 0. The number of nitrogens with two attached hydrogens (primary N) is 1. The fraction of sp³-hybridized carbons (Fsp3) is 0.143. The van der Waals surface area contributed by atoms with Gasteiger partial charge in [-0.05, 0) is 23.8 Å². The molecule has 1 unspecified atom stereocenters. The highest BCUT2D eigenvalue weighted by molar-refractivity contribution is 9.10. The lowest BCUT2D eigenvalue weighted by Gasteiger charge is -2.21. The molecule has 7 heteroatoms. The van der Waals surface area contributed by atoms with Gasteiger partial charge in [-0.3, -0.25) is 5.84 Å². The number of benzene rings is 2. The lowest BCUT2D eigenvalue weighted by molar-refractivity contribution is -0.275. The number of hydrazine groups is 1. The second kappa shape index (κ2) is 6.46. The largest absolute Gasteiger partial charge is 0.573 e. The summed E-state index contributed by atoms with van der Waals surface area (Å²) in [5.74, 6) is 5.23. The average molecular weight is 361 g/mol. The molecule has 0 saturated heterocycles. The Morgan fingerprint density at radius 3 is 2.43 bits per heavy atom. The van der Waals surface area contributed by atoms with Crippen molar-refractivity contribution in [1.82, 2.24) is 5.43 Å². The molecule has 0 spiro atoms. The molecule has 3 N–H and O–H groups in total. The van der Waals surface area contributed by atoms with Gasteiger partial charge in [-0.2, -0.15) is 0 Å². The molecule has 3 nitrogen and oxygen atoms in total. The van der Waals surface area contributed by atoms with Crippen LogP contribution in [0, 0.1) is 0 Å². The highest BCUT2D eigenvalue weighted by Gasteiger charge is 2.33. The molecule has 0 aliphatic carbocycles. The Morgan fingerprint density at radius 1 is 1.10 bits per heavy atom. The first-order valence-corrected chi connectivity index (χ1v) is 6.76. The normalized spacial score (nSPS) is 13.0. The molecule has 1 atom stereocenters. The minimum Gasteiger partial charge on any atom is -0.405 e. The van der Waals surface area contributed by atoms with Gasteiger partial charge in [0.05, 0.1) is 6.04 Å². The van der Waals surface area contributed by atoms with Crippen LogP contribution in [0.5, 0.6) is 5.75 Å². The van der Waals surface area contributed by atoms with Crippen LogP contribution in [0.1, 0.15) is 17.2 Å². The molecule has 0 heterocycles. The number of hydrogen-bond donors (Lipinski definition) is 2. The molecule has 0 saturated carbocycles. The number of ether oxygens (including phenoxy) is 1. The minimum absolute atomic E-state index is 0.284. The van der Waals surface area contributed by atoms with Crippen LogP contribution < -0.4 is 16.0 Å². The summed E-state index contributed by atoms with van der Waals surface area (Å²) in [4.78, 5) is 0. The molecule has 0 aromatic heterocycles. The molecule has 0 bridgehead atoms. The molecule has 0 aliphatic heterocycles. The van der Waals surface area contributed by atoms with Gasteiger partial charge in [0.25, 0.3) is 0 Å². The van der Waals surface area contributed by atoms with Crippen molar-refractivity contribution in [3.8, 4) is 5.75 Å². The fourth-order valence-electron chi connectivity index (χ4n) is 1.99. The van der Waals surface area contributed by atoms with Crippen molar-refractivity contribution in [3.63, 3.8) is 0 Å².